The quantitative estimate of drug-likeness (QED) is 0.539. The Labute approximate surface area is 146 Å². The van der Waals surface area contributed by atoms with Gasteiger partial charge in [0.05, 0.1) is 0 Å². The van der Waals surface area contributed by atoms with Gasteiger partial charge in [-0.1, -0.05) is 0 Å². The van der Waals surface area contributed by atoms with E-state index in [9.17, 15) is 57.1 Å². The molecule has 28 heavy (non-hydrogen) atoms. The molecule has 0 amide bonds. The van der Waals surface area contributed by atoms with Crippen molar-refractivity contribution in [2.45, 2.75) is 42.4 Å². The highest BCUT2D eigenvalue weighted by Crippen LogP contribution is 2.59. The van der Waals surface area contributed by atoms with E-state index in [2.05, 4.69) is 4.74 Å². The van der Waals surface area contributed by atoms with E-state index in [0.29, 0.717) is 24.3 Å². The molecule has 1 aromatic rings. The summed E-state index contributed by atoms with van der Waals surface area (Å²) >= 11 is 0. The maximum atomic E-state index is 13.4. The van der Waals surface area contributed by atoms with Crippen LogP contribution in [0.4, 0.5) is 57.1 Å². The zero-order chi connectivity index (χ0) is 22.3. The van der Waals surface area contributed by atoms with E-state index in [4.69, 9.17) is 5.11 Å². The Hall–Kier alpha value is -2.09. The summed E-state index contributed by atoms with van der Waals surface area (Å²) in [6.07, 6.45) is -10.5. The molecule has 1 rings (SSSR count). The Morgan fingerprint density at radius 3 is 1.43 bits per heavy atom. The first kappa shape index (κ1) is 23.9. The molecule has 1 atom stereocenters. The van der Waals surface area contributed by atoms with Crippen molar-refractivity contribution in [2.75, 3.05) is 0 Å². The van der Waals surface area contributed by atoms with Gasteiger partial charge in [-0.05, 0) is 24.3 Å². The monoisotopic (exact) mass is 442 g/mol. The Balaban J connectivity index is 3.30. The molecule has 0 aliphatic carbocycles. The Bertz CT molecular complexity index is 672. The van der Waals surface area contributed by atoms with Crippen LogP contribution in [0.3, 0.4) is 0 Å². The van der Waals surface area contributed by atoms with Gasteiger partial charge in [0.2, 0.25) is 0 Å². The van der Waals surface area contributed by atoms with Crippen LogP contribution >= 0.6 is 0 Å². The number of aromatic hydroxyl groups is 1. The molecule has 0 bridgehead atoms. The van der Waals surface area contributed by atoms with Crippen LogP contribution < -0.4 is 4.74 Å². The lowest BCUT2D eigenvalue weighted by molar-refractivity contribution is -0.424. The van der Waals surface area contributed by atoms with E-state index in [1.807, 2.05) is 0 Å². The third-order valence-electron chi connectivity index (χ3n) is 3.26. The average molecular weight is 442 g/mol. The number of phenols is 1. The zero-order valence-electron chi connectivity index (χ0n) is 12.7. The fourth-order valence-electron chi connectivity index (χ4n) is 1.61. The van der Waals surface area contributed by atoms with Gasteiger partial charge in [0.1, 0.15) is 11.5 Å². The van der Waals surface area contributed by atoms with Gasteiger partial charge >= 0.3 is 42.4 Å². The van der Waals surface area contributed by atoms with E-state index >= 15 is 0 Å². The number of rotatable bonds is 8. The molecule has 0 radical (unpaired) electrons. The minimum absolute atomic E-state index is 0.466. The van der Waals surface area contributed by atoms with Crippen LogP contribution in [-0.4, -0.2) is 47.5 Å². The lowest BCUT2D eigenvalue weighted by atomic mass is 9.94. The normalized spacial score (nSPS) is 15.6. The van der Waals surface area contributed by atoms with Crippen molar-refractivity contribution in [3.8, 4) is 11.5 Å². The molecular formula is C13H7F13O2. The van der Waals surface area contributed by atoms with Crippen LogP contribution in [0.15, 0.2) is 24.3 Å². The van der Waals surface area contributed by atoms with Crippen molar-refractivity contribution in [3.63, 3.8) is 0 Å². The molecule has 0 aliphatic heterocycles. The topological polar surface area (TPSA) is 29.5 Å². The van der Waals surface area contributed by atoms with Crippen molar-refractivity contribution in [1.82, 2.24) is 0 Å². The molecule has 1 aromatic carbocycles. The first-order chi connectivity index (χ1) is 12.3. The summed E-state index contributed by atoms with van der Waals surface area (Å²) in [5.74, 6) is -38.9. The third-order valence-corrected chi connectivity index (χ3v) is 3.26. The fraction of sp³-hybridized carbons (Fsp3) is 0.538. The van der Waals surface area contributed by atoms with Gasteiger partial charge in [-0.25, -0.2) is 8.78 Å². The number of phenolic OH excluding ortho intramolecular Hbond substituents is 1. The van der Waals surface area contributed by atoms with E-state index in [1.54, 1.807) is 0 Å². The molecule has 1 unspecified atom stereocenters. The van der Waals surface area contributed by atoms with Crippen molar-refractivity contribution in [3.05, 3.63) is 24.3 Å². The summed E-state index contributed by atoms with van der Waals surface area (Å²) in [4.78, 5) is 0. The summed E-state index contributed by atoms with van der Waals surface area (Å²) < 4.78 is 172. The SMILES string of the molecule is Oc1ccc(OC(F)C(F)(F)C(F)(F)C(F)(F)C(F)(F)C(F)(F)C(F)F)cc1. The smallest absolute Gasteiger partial charge is 0.385 e. The molecule has 0 saturated heterocycles. The molecular weight excluding hydrogens is 435 g/mol. The van der Waals surface area contributed by atoms with E-state index in [0.717, 1.165) is 0 Å². The summed E-state index contributed by atoms with van der Waals surface area (Å²) in [5.41, 5.74) is 0. The van der Waals surface area contributed by atoms with Crippen LogP contribution in [0.1, 0.15) is 0 Å². The predicted molar refractivity (Wildman–Crippen MR) is 64.4 cm³/mol. The molecule has 15 heteroatoms. The highest BCUT2D eigenvalue weighted by molar-refractivity contribution is 5.30. The minimum Gasteiger partial charge on any atom is -0.508 e. The molecule has 0 heterocycles. The van der Waals surface area contributed by atoms with E-state index in [1.165, 1.54) is 0 Å². The number of hydrogen-bond acceptors (Lipinski definition) is 2. The Morgan fingerprint density at radius 2 is 1.04 bits per heavy atom. The number of hydrogen-bond donors (Lipinski definition) is 1. The van der Waals surface area contributed by atoms with Gasteiger partial charge in [0.15, 0.2) is 0 Å². The highest BCUT2D eigenvalue weighted by Gasteiger charge is 2.89. The van der Waals surface area contributed by atoms with E-state index in [-0.39, 0.29) is 0 Å². The number of ether oxygens (including phenoxy) is 1. The van der Waals surface area contributed by atoms with Gasteiger partial charge in [-0.15, -0.1) is 0 Å². The molecule has 0 saturated carbocycles. The second-order valence-corrected chi connectivity index (χ2v) is 5.20. The van der Waals surface area contributed by atoms with Gasteiger partial charge in [-0.3, -0.25) is 0 Å². The second kappa shape index (κ2) is 7.06. The van der Waals surface area contributed by atoms with Crippen molar-refractivity contribution < 1.29 is 66.9 Å². The number of halogens is 13. The summed E-state index contributed by atoms with van der Waals surface area (Å²) in [6, 6.07) is 2.19. The lowest BCUT2D eigenvalue weighted by Crippen LogP contribution is -2.70. The van der Waals surface area contributed by atoms with Crippen molar-refractivity contribution >= 4 is 0 Å². The number of alkyl halides is 13. The number of benzene rings is 1. The summed E-state index contributed by atoms with van der Waals surface area (Å²) in [7, 11) is 0. The Kier molecular flexibility index (Phi) is 6.04. The summed E-state index contributed by atoms with van der Waals surface area (Å²) in [5, 5.41) is 8.86. The first-order valence-corrected chi connectivity index (χ1v) is 6.61. The van der Waals surface area contributed by atoms with Crippen LogP contribution in [-0.2, 0) is 0 Å². The van der Waals surface area contributed by atoms with Gasteiger partial charge in [0, 0.05) is 0 Å². The lowest BCUT2D eigenvalue weighted by Gasteiger charge is -2.39. The molecule has 2 nitrogen and oxygen atoms in total. The molecule has 162 valence electrons. The maximum Gasteiger partial charge on any atom is 0.385 e. The maximum absolute atomic E-state index is 13.4. The largest absolute Gasteiger partial charge is 0.508 e. The standard InChI is InChI=1S/C13H7F13O2/c14-7(15)9(17,18)11(21,22)13(25,26)12(23,24)10(19,20)8(16)28-6-3-1-5(27)2-4-6/h1-4,7-8,27H. The van der Waals surface area contributed by atoms with Crippen LogP contribution in [0.5, 0.6) is 11.5 Å². The van der Waals surface area contributed by atoms with Crippen LogP contribution in [0, 0.1) is 0 Å². The van der Waals surface area contributed by atoms with Gasteiger partial charge in [-0.2, -0.15) is 48.3 Å². The average Bonchev–Trinajstić information content (AvgIpc) is 2.55. The molecule has 0 aromatic heterocycles. The van der Waals surface area contributed by atoms with Crippen molar-refractivity contribution in [2.24, 2.45) is 0 Å². The molecule has 0 spiro atoms. The first-order valence-electron chi connectivity index (χ1n) is 6.61. The van der Waals surface area contributed by atoms with Crippen LogP contribution in [0.25, 0.3) is 0 Å². The van der Waals surface area contributed by atoms with Crippen molar-refractivity contribution in [1.29, 1.82) is 0 Å². The van der Waals surface area contributed by atoms with Gasteiger partial charge < -0.3 is 9.84 Å². The van der Waals surface area contributed by atoms with Crippen LogP contribution in [0.2, 0.25) is 0 Å². The Morgan fingerprint density at radius 1 is 0.643 bits per heavy atom. The fourth-order valence-corrected chi connectivity index (χ4v) is 1.61. The van der Waals surface area contributed by atoms with Gasteiger partial charge in [0.25, 0.3) is 0 Å². The molecule has 1 N–H and O–H groups in total. The minimum atomic E-state index is -7.84. The zero-order valence-corrected chi connectivity index (χ0v) is 12.7. The second-order valence-electron chi connectivity index (χ2n) is 5.20. The molecule has 0 aliphatic rings. The summed E-state index contributed by atoms with van der Waals surface area (Å²) in [6.45, 7) is 0. The highest BCUT2D eigenvalue weighted by atomic mass is 19.4. The predicted octanol–water partition coefficient (Wildman–Crippen LogP) is 5.51. The molecule has 0 fully saturated rings. The third kappa shape index (κ3) is 3.50. The van der Waals surface area contributed by atoms with E-state index < -0.39 is 53.9 Å².